The predicted octanol–water partition coefficient (Wildman–Crippen LogP) is 6.22. The second-order valence-electron chi connectivity index (χ2n) is 6.70. The molecule has 0 spiro atoms. The van der Waals surface area contributed by atoms with Gasteiger partial charge in [-0.1, -0.05) is 42.5 Å². The van der Waals surface area contributed by atoms with Gasteiger partial charge in [0.25, 0.3) is 0 Å². The number of benzene rings is 4. The number of aromatic nitrogens is 2. The van der Waals surface area contributed by atoms with E-state index in [1.807, 2.05) is 6.07 Å². The van der Waals surface area contributed by atoms with Crippen molar-refractivity contribution in [1.29, 1.82) is 0 Å². The minimum Gasteiger partial charge on any atom is -0.355 e. The summed E-state index contributed by atoms with van der Waals surface area (Å²) in [5.41, 5.74) is 6.69. The van der Waals surface area contributed by atoms with Crippen LogP contribution in [0.4, 0.5) is 0 Å². The molecule has 0 atom stereocenters. The molecule has 2 heteroatoms. The van der Waals surface area contributed by atoms with Crippen molar-refractivity contribution in [2.45, 2.75) is 0 Å². The highest BCUT2D eigenvalue weighted by molar-refractivity contribution is 6.10. The first kappa shape index (κ1) is 13.7. The summed E-state index contributed by atoms with van der Waals surface area (Å²) in [5, 5.41) is 4.91. The fraction of sp³-hybridized carbons (Fsp3) is 0. The van der Waals surface area contributed by atoms with Gasteiger partial charge < -0.3 is 9.97 Å². The van der Waals surface area contributed by atoms with E-state index >= 15 is 0 Å². The predicted molar refractivity (Wildman–Crippen MR) is 108 cm³/mol. The van der Waals surface area contributed by atoms with Crippen LogP contribution in [-0.4, -0.2) is 9.97 Å². The van der Waals surface area contributed by atoms with E-state index in [1.54, 1.807) is 0 Å². The van der Waals surface area contributed by atoms with Crippen LogP contribution in [0.1, 0.15) is 0 Å². The highest BCUT2D eigenvalue weighted by Crippen LogP contribution is 2.32. The van der Waals surface area contributed by atoms with E-state index in [0.717, 1.165) is 27.7 Å². The molecule has 2 N–H and O–H groups in total. The lowest BCUT2D eigenvalue weighted by Gasteiger charge is -2.03. The van der Waals surface area contributed by atoms with Crippen LogP contribution in [0.15, 0.2) is 72.8 Å². The number of rotatable bonds is 1. The normalized spacial score (nSPS) is 11.8. The molecule has 6 aromatic rings. The summed E-state index contributed by atoms with van der Waals surface area (Å²) in [6, 6.07) is 32.2. The van der Waals surface area contributed by atoms with Crippen molar-refractivity contribution in [3.8, 4) is 11.1 Å². The van der Waals surface area contributed by atoms with Gasteiger partial charge in [0.05, 0.1) is 5.52 Å². The number of nitrogens with one attached hydrogen (secondary N) is 2. The Labute approximate surface area is 150 Å². The third kappa shape index (κ3) is 1.87. The molecule has 120 valence electrons. The van der Waals surface area contributed by atoms with Crippen LogP contribution in [0.2, 0.25) is 0 Å². The summed E-state index contributed by atoms with van der Waals surface area (Å²) < 4.78 is 0. The summed E-state index contributed by atoms with van der Waals surface area (Å²) in [7, 11) is 0. The third-order valence-corrected chi connectivity index (χ3v) is 5.17. The van der Waals surface area contributed by atoms with Gasteiger partial charge in [-0.3, -0.25) is 0 Å². The van der Waals surface area contributed by atoms with Crippen molar-refractivity contribution >= 4 is 43.6 Å². The lowest BCUT2D eigenvalue weighted by Crippen LogP contribution is -1.79. The first-order chi connectivity index (χ1) is 12.9. The number of para-hydroxylation sites is 2. The van der Waals surface area contributed by atoms with E-state index in [0.29, 0.717) is 0 Å². The maximum absolute atomic E-state index is 3.48. The topological polar surface area (TPSA) is 31.6 Å². The van der Waals surface area contributed by atoms with Crippen LogP contribution >= 0.6 is 0 Å². The zero-order chi connectivity index (χ0) is 17.1. The molecule has 0 amide bonds. The van der Waals surface area contributed by atoms with Gasteiger partial charge in [-0.2, -0.15) is 0 Å². The molecule has 0 unspecified atom stereocenters. The maximum atomic E-state index is 3.48. The van der Waals surface area contributed by atoms with Gasteiger partial charge in [0, 0.05) is 50.2 Å². The van der Waals surface area contributed by atoms with E-state index in [-0.39, 0.29) is 0 Å². The van der Waals surface area contributed by atoms with Gasteiger partial charge in [0.1, 0.15) is 0 Å². The molecule has 6 rings (SSSR count). The van der Waals surface area contributed by atoms with E-state index in [9.17, 15) is 0 Å². The molecule has 2 radical (unpaired) electrons. The zero-order valence-corrected chi connectivity index (χ0v) is 13.9. The molecule has 0 fully saturated rings. The van der Waals surface area contributed by atoms with Crippen molar-refractivity contribution in [3.05, 3.63) is 84.9 Å². The summed E-state index contributed by atoms with van der Waals surface area (Å²) in [6.45, 7) is 0. The molecule has 2 aromatic heterocycles. The molecule has 0 aliphatic heterocycles. The monoisotopic (exact) mass is 330 g/mol. The number of H-pyrrole nitrogens is 2. The third-order valence-electron chi connectivity index (χ3n) is 5.17. The molecule has 0 bridgehead atoms. The Morgan fingerprint density at radius 2 is 1.23 bits per heavy atom. The Balaban J connectivity index is 1.61. The van der Waals surface area contributed by atoms with Crippen molar-refractivity contribution < 1.29 is 0 Å². The van der Waals surface area contributed by atoms with Crippen LogP contribution in [0, 0.1) is 12.1 Å². The van der Waals surface area contributed by atoms with E-state index in [2.05, 4.69) is 88.8 Å². The Hall–Kier alpha value is -3.52. The number of fused-ring (bicyclic) bond motifs is 6. The van der Waals surface area contributed by atoms with Crippen LogP contribution in [-0.2, 0) is 0 Å². The Kier molecular flexibility index (Phi) is 2.64. The molecule has 26 heavy (non-hydrogen) atoms. The van der Waals surface area contributed by atoms with Crippen LogP contribution in [0.5, 0.6) is 0 Å². The second kappa shape index (κ2) is 4.99. The smallest absolute Gasteiger partial charge is 0.0552 e. The van der Waals surface area contributed by atoms with Crippen molar-refractivity contribution in [2.24, 2.45) is 0 Å². The van der Waals surface area contributed by atoms with Crippen LogP contribution < -0.4 is 0 Å². The van der Waals surface area contributed by atoms with Crippen LogP contribution in [0.3, 0.4) is 0 Å². The highest BCUT2D eigenvalue weighted by atomic mass is 14.7. The van der Waals surface area contributed by atoms with Crippen molar-refractivity contribution in [1.82, 2.24) is 9.97 Å². The minimum atomic E-state index is 1.00. The SMILES string of the molecule is [c]1[c]c2[nH]c3ccccc3c2cc1-c1ccc2[nH]c3ccccc3c2c1. The van der Waals surface area contributed by atoms with Gasteiger partial charge in [-0.15, -0.1) is 0 Å². The average Bonchev–Trinajstić information content (AvgIpc) is 3.25. The highest BCUT2D eigenvalue weighted by Gasteiger charge is 2.09. The van der Waals surface area contributed by atoms with Crippen molar-refractivity contribution in [2.75, 3.05) is 0 Å². The largest absolute Gasteiger partial charge is 0.355 e. The first-order valence-corrected chi connectivity index (χ1v) is 8.72. The standard InChI is InChI=1S/C24H14N2/c1-3-7-21-17(5-1)19-13-15(9-11-23(19)25-21)16-10-12-24-20(14-16)18-6-2-4-8-22(18)26-24/h1-9,11,13-14,25-26H. The number of hydrogen-bond acceptors (Lipinski definition) is 0. The first-order valence-electron chi connectivity index (χ1n) is 8.72. The molecule has 0 aliphatic rings. The quantitative estimate of drug-likeness (QED) is 0.358. The molecule has 0 saturated carbocycles. The molecule has 4 aromatic carbocycles. The number of aromatic amines is 2. The van der Waals surface area contributed by atoms with E-state index < -0.39 is 0 Å². The molecule has 0 aliphatic carbocycles. The van der Waals surface area contributed by atoms with E-state index in [4.69, 9.17) is 0 Å². The Morgan fingerprint density at radius 3 is 2.08 bits per heavy atom. The summed E-state index contributed by atoms with van der Waals surface area (Å²) in [4.78, 5) is 6.90. The van der Waals surface area contributed by atoms with Crippen molar-refractivity contribution in [3.63, 3.8) is 0 Å². The van der Waals surface area contributed by atoms with Gasteiger partial charge in [-0.25, -0.2) is 0 Å². The fourth-order valence-corrected chi connectivity index (χ4v) is 3.89. The molecule has 2 heterocycles. The summed E-state index contributed by atoms with van der Waals surface area (Å²) in [6.07, 6.45) is 0. The van der Waals surface area contributed by atoms with Gasteiger partial charge in [0.15, 0.2) is 0 Å². The average molecular weight is 330 g/mol. The van der Waals surface area contributed by atoms with E-state index in [1.165, 1.54) is 27.1 Å². The summed E-state index contributed by atoms with van der Waals surface area (Å²) in [5.74, 6) is 0. The second-order valence-corrected chi connectivity index (χ2v) is 6.70. The zero-order valence-electron chi connectivity index (χ0n) is 13.9. The van der Waals surface area contributed by atoms with Gasteiger partial charge in [-0.05, 0) is 41.5 Å². The Bertz CT molecular complexity index is 1320. The molecule has 2 nitrogen and oxygen atoms in total. The minimum absolute atomic E-state index is 1.00. The molecule has 0 saturated heterocycles. The van der Waals surface area contributed by atoms with Gasteiger partial charge in [0.2, 0.25) is 0 Å². The Morgan fingerprint density at radius 1 is 0.538 bits per heavy atom. The fourth-order valence-electron chi connectivity index (χ4n) is 3.89. The lowest BCUT2D eigenvalue weighted by atomic mass is 10.0. The van der Waals surface area contributed by atoms with Gasteiger partial charge >= 0.3 is 0 Å². The lowest BCUT2D eigenvalue weighted by molar-refractivity contribution is 1.53. The molecular formula is C24H14N2. The summed E-state index contributed by atoms with van der Waals surface area (Å²) >= 11 is 0. The number of hydrogen-bond donors (Lipinski definition) is 2. The van der Waals surface area contributed by atoms with Crippen LogP contribution in [0.25, 0.3) is 54.7 Å². The molecular weight excluding hydrogens is 316 g/mol. The maximum Gasteiger partial charge on any atom is 0.0552 e.